The van der Waals surface area contributed by atoms with Crippen LogP contribution in [-0.2, 0) is 21.4 Å². The molecule has 0 N–H and O–H groups in total. The monoisotopic (exact) mass is 404 g/mol. The molecule has 0 saturated heterocycles. The molecule has 0 radical (unpaired) electrons. The fraction of sp³-hybridized carbons (Fsp3) is 0.381. The largest absolute Gasteiger partial charge is 0.497 e. The first-order valence-electron chi connectivity index (χ1n) is 8.99. The summed E-state index contributed by atoms with van der Waals surface area (Å²) >= 11 is 0. The van der Waals surface area contributed by atoms with Gasteiger partial charge in [-0.3, -0.25) is 9.10 Å². The van der Waals surface area contributed by atoms with Gasteiger partial charge in [0.1, 0.15) is 11.8 Å². The lowest BCUT2D eigenvalue weighted by atomic mass is 10.1. The van der Waals surface area contributed by atoms with E-state index in [4.69, 9.17) is 4.74 Å². The Morgan fingerprint density at radius 1 is 1.07 bits per heavy atom. The molecule has 1 amide bonds. The number of likely N-dealkylation sites (N-methyl/N-ethyl adjacent to an activating group) is 1. The maximum Gasteiger partial charge on any atom is 0.246 e. The van der Waals surface area contributed by atoms with Gasteiger partial charge in [0.2, 0.25) is 15.9 Å². The lowest BCUT2D eigenvalue weighted by Gasteiger charge is -2.31. The number of benzene rings is 2. The minimum Gasteiger partial charge on any atom is -0.497 e. The van der Waals surface area contributed by atoms with Crippen LogP contribution >= 0.6 is 0 Å². The summed E-state index contributed by atoms with van der Waals surface area (Å²) in [7, 11) is -0.371. The van der Waals surface area contributed by atoms with Gasteiger partial charge in [-0.25, -0.2) is 8.42 Å². The van der Waals surface area contributed by atoms with Gasteiger partial charge in [0.05, 0.1) is 19.1 Å². The Morgan fingerprint density at radius 2 is 1.68 bits per heavy atom. The van der Waals surface area contributed by atoms with Crippen LogP contribution in [0.2, 0.25) is 0 Å². The van der Waals surface area contributed by atoms with Crippen LogP contribution in [0.5, 0.6) is 5.75 Å². The highest BCUT2D eigenvalue weighted by atomic mass is 32.2. The van der Waals surface area contributed by atoms with Gasteiger partial charge in [0.25, 0.3) is 0 Å². The first-order chi connectivity index (χ1) is 13.0. The fourth-order valence-corrected chi connectivity index (χ4v) is 4.23. The Balaban J connectivity index is 2.25. The molecule has 1 unspecified atom stereocenters. The van der Waals surface area contributed by atoms with Crippen LogP contribution in [0.4, 0.5) is 5.69 Å². The fourth-order valence-electron chi connectivity index (χ4n) is 3.07. The van der Waals surface area contributed by atoms with E-state index in [1.165, 1.54) is 9.21 Å². The normalized spacial score (nSPS) is 12.4. The summed E-state index contributed by atoms with van der Waals surface area (Å²) in [5, 5.41) is 0. The number of nitrogens with zero attached hydrogens (tertiary/aromatic N) is 2. The van der Waals surface area contributed by atoms with Crippen LogP contribution < -0.4 is 9.04 Å². The Morgan fingerprint density at radius 3 is 2.18 bits per heavy atom. The van der Waals surface area contributed by atoms with Gasteiger partial charge in [-0.05, 0) is 61.7 Å². The first-order valence-corrected chi connectivity index (χ1v) is 10.8. The van der Waals surface area contributed by atoms with Gasteiger partial charge in [-0.2, -0.15) is 0 Å². The zero-order chi connectivity index (χ0) is 21.1. The van der Waals surface area contributed by atoms with Gasteiger partial charge in [-0.15, -0.1) is 0 Å². The van der Waals surface area contributed by atoms with Crippen molar-refractivity contribution in [3.8, 4) is 5.75 Å². The zero-order valence-electron chi connectivity index (χ0n) is 17.3. The smallest absolute Gasteiger partial charge is 0.246 e. The number of hydrogen-bond donors (Lipinski definition) is 0. The van der Waals surface area contributed by atoms with Crippen LogP contribution in [0.1, 0.15) is 23.6 Å². The average molecular weight is 405 g/mol. The van der Waals surface area contributed by atoms with E-state index >= 15 is 0 Å². The zero-order valence-corrected chi connectivity index (χ0v) is 18.1. The molecule has 0 aromatic heterocycles. The number of rotatable bonds is 7. The number of hydrogen-bond acceptors (Lipinski definition) is 4. The molecule has 0 fully saturated rings. The van der Waals surface area contributed by atoms with E-state index in [1.54, 1.807) is 33.2 Å². The number of carbonyl (C=O) groups is 1. The number of methoxy groups -OCH3 is 1. The van der Waals surface area contributed by atoms with Gasteiger partial charge in [-0.1, -0.05) is 18.2 Å². The van der Waals surface area contributed by atoms with Gasteiger partial charge >= 0.3 is 0 Å². The molecule has 0 aliphatic carbocycles. The van der Waals surface area contributed by atoms with E-state index in [0.717, 1.165) is 28.7 Å². The highest BCUT2D eigenvalue weighted by molar-refractivity contribution is 7.92. The van der Waals surface area contributed by atoms with Crippen LogP contribution in [-0.4, -0.2) is 45.7 Å². The average Bonchev–Trinajstić information content (AvgIpc) is 2.63. The Bertz CT molecular complexity index is 939. The van der Waals surface area contributed by atoms with Gasteiger partial charge in [0, 0.05) is 13.6 Å². The molecule has 0 bridgehead atoms. The molecular formula is C21H28N2O4S. The molecule has 0 spiro atoms. The Hall–Kier alpha value is -2.54. The molecule has 7 heteroatoms. The quantitative estimate of drug-likeness (QED) is 0.711. The number of sulfonamides is 1. The summed E-state index contributed by atoms with van der Waals surface area (Å²) < 4.78 is 31.3. The second-order valence-corrected chi connectivity index (χ2v) is 8.91. The SMILES string of the molecule is COc1ccc(CN(C)C(=O)C(C)N(c2ccc(C)c(C)c2)S(C)(=O)=O)cc1. The number of anilines is 1. The third-order valence-corrected chi connectivity index (χ3v) is 6.01. The van der Waals surface area contributed by atoms with E-state index in [9.17, 15) is 13.2 Å². The lowest BCUT2D eigenvalue weighted by Crippen LogP contribution is -2.48. The topological polar surface area (TPSA) is 66.9 Å². The molecule has 0 aliphatic heterocycles. The van der Waals surface area contributed by atoms with E-state index in [2.05, 4.69) is 0 Å². The van der Waals surface area contributed by atoms with Crippen molar-refractivity contribution in [3.05, 3.63) is 59.2 Å². The number of ether oxygens (including phenoxy) is 1. The second-order valence-electron chi connectivity index (χ2n) is 7.05. The number of aryl methyl sites for hydroxylation is 2. The van der Waals surface area contributed by atoms with Gasteiger partial charge in [0.15, 0.2) is 0 Å². The van der Waals surface area contributed by atoms with Crippen molar-refractivity contribution in [2.24, 2.45) is 0 Å². The first kappa shape index (κ1) is 21.8. The predicted octanol–water partition coefficient (Wildman–Crippen LogP) is 3.13. The van der Waals surface area contributed by atoms with Crippen molar-refractivity contribution in [2.75, 3.05) is 24.7 Å². The Kier molecular flexibility index (Phi) is 6.72. The number of carbonyl (C=O) groups excluding carboxylic acids is 1. The maximum atomic E-state index is 13.0. The van der Waals surface area contributed by atoms with Crippen LogP contribution in [0.25, 0.3) is 0 Å². The Labute approximate surface area is 167 Å². The molecule has 2 aromatic carbocycles. The molecule has 0 heterocycles. The molecule has 152 valence electrons. The maximum absolute atomic E-state index is 13.0. The van der Waals surface area contributed by atoms with E-state index in [1.807, 2.05) is 44.2 Å². The molecule has 28 heavy (non-hydrogen) atoms. The minimum absolute atomic E-state index is 0.278. The van der Waals surface area contributed by atoms with E-state index in [-0.39, 0.29) is 5.91 Å². The summed E-state index contributed by atoms with van der Waals surface area (Å²) in [5.74, 6) is 0.462. The molecule has 0 saturated carbocycles. The molecule has 0 aliphatic rings. The number of amides is 1. The molecule has 6 nitrogen and oxygen atoms in total. The highest BCUT2D eigenvalue weighted by Crippen LogP contribution is 2.24. The predicted molar refractivity (Wildman–Crippen MR) is 112 cm³/mol. The lowest BCUT2D eigenvalue weighted by molar-refractivity contribution is -0.131. The summed E-state index contributed by atoms with van der Waals surface area (Å²) in [6, 6.07) is 11.9. The van der Waals surface area contributed by atoms with E-state index in [0.29, 0.717) is 12.2 Å². The van der Waals surface area contributed by atoms with Crippen LogP contribution in [0, 0.1) is 13.8 Å². The summed E-state index contributed by atoms with van der Waals surface area (Å²) in [6.45, 7) is 5.86. The molecular weight excluding hydrogens is 376 g/mol. The molecule has 1 atom stereocenters. The van der Waals surface area contributed by atoms with Crippen molar-refractivity contribution < 1.29 is 17.9 Å². The third kappa shape index (κ3) is 5.04. The van der Waals surface area contributed by atoms with Crippen LogP contribution in [0.3, 0.4) is 0 Å². The van der Waals surface area contributed by atoms with Crippen molar-refractivity contribution >= 4 is 21.6 Å². The van der Waals surface area contributed by atoms with Crippen molar-refractivity contribution in [3.63, 3.8) is 0 Å². The van der Waals surface area contributed by atoms with Crippen LogP contribution in [0.15, 0.2) is 42.5 Å². The highest BCUT2D eigenvalue weighted by Gasteiger charge is 2.31. The standard InChI is InChI=1S/C21H28N2O4S/c1-15-7-10-19(13-16(15)2)23(28(6,25)26)17(3)21(24)22(4)14-18-8-11-20(27-5)12-9-18/h7-13,17H,14H2,1-6H3. The summed E-state index contributed by atoms with van der Waals surface area (Å²) in [5.41, 5.74) is 3.45. The van der Waals surface area contributed by atoms with E-state index < -0.39 is 16.1 Å². The molecule has 2 aromatic rings. The second kappa shape index (κ2) is 8.65. The summed E-state index contributed by atoms with van der Waals surface area (Å²) in [4.78, 5) is 14.5. The van der Waals surface area contributed by atoms with Crippen molar-refractivity contribution in [1.29, 1.82) is 0 Å². The van der Waals surface area contributed by atoms with Gasteiger partial charge < -0.3 is 9.64 Å². The van der Waals surface area contributed by atoms with Crippen molar-refractivity contribution in [1.82, 2.24) is 4.90 Å². The van der Waals surface area contributed by atoms with Crippen molar-refractivity contribution in [2.45, 2.75) is 33.4 Å². The third-order valence-electron chi connectivity index (χ3n) is 4.77. The minimum atomic E-state index is -3.64. The molecule has 2 rings (SSSR count). The summed E-state index contributed by atoms with van der Waals surface area (Å²) in [6.07, 6.45) is 1.12.